The topological polar surface area (TPSA) is 60.2 Å². The molecule has 0 atom stereocenters. The first kappa shape index (κ1) is 13.9. The van der Waals surface area contributed by atoms with Crippen LogP contribution in [-0.4, -0.2) is 10.2 Å². The fourth-order valence-corrected chi connectivity index (χ4v) is 1.99. The van der Waals surface area contributed by atoms with Crippen molar-refractivity contribution in [3.63, 3.8) is 0 Å². The number of rotatable bonds is 2. The first-order valence-corrected chi connectivity index (χ1v) is 5.07. The summed E-state index contributed by atoms with van der Waals surface area (Å²) in [5.41, 5.74) is -2.85. The summed E-state index contributed by atoms with van der Waals surface area (Å²) >= 11 is 7.51. The van der Waals surface area contributed by atoms with Gasteiger partial charge < -0.3 is 0 Å². The summed E-state index contributed by atoms with van der Waals surface area (Å²) in [5.74, 6) is 0. The molecule has 0 amide bonds. The van der Waals surface area contributed by atoms with Crippen LogP contribution in [0.3, 0.4) is 0 Å². The predicted octanol–water partition coefficient (Wildman–Crippen LogP) is 3.76. The molecule has 1 aromatic rings. The predicted molar refractivity (Wildman–Crippen MR) is 56.0 cm³/mol. The van der Waals surface area contributed by atoms with E-state index in [2.05, 4.69) is 15.9 Å². The number of hydrogen-bond acceptors (Lipinski definition) is 3. The summed E-state index contributed by atoms with van der Waals surface area (Å²) in [4.78, 5) is 20.4. The monoisotopic (exact) mass is 331 g/mol. The highest BCUT2D eigenvalue weighted by molar-refractivity contribution is 9.10. The normalized spacial score (nSPS) is 11.4. The number of alkyl halides is 3. The summed E-state index contributed by atoms with van der Waals surface area (Å²) in [6.07, 6.45) is -4.77. The van der Waals surface area contributed by atoms with Crippen LogP contribution in [0.25, 0.3) is 0 Å². The maximum Gasteiger partial charge on any atom is 0.417 e. The average molecular weight is 332 g/mol. The Kier molecular flexibility index (Phi) is 3.78. The molecule has 92 valence electrons. The molecule has 4 nitrogen and oxygen atoms in total. The van der Waals surface area contributed by atoms with Gasteiger partial charge in [0.2, 0.25) is 0 Å². The van der Waals surface area contributed by atoms with Gasteiger partial charge in [-0.15, -0.1) is 0 Å². The fraction of sp³-hybridized carbons (Fsp3) is 0.125. The van der Waals surface area contributed by atoms with Crippen LogP contribution in [0, 0.1) is 10.1 Å². The lowest BCUT2D eigenvalue weighted by Crippen LogP contribution is -2.09. The highest BCUT2D eigenvalue weighted by atomic mass is 79.9. The molecule has 0 bridgehead atoms. The van der Waals surface area contributed by atoms with E-state index in [9.17, 15) is 28.1 Å². The van der Waals surface area contributed by atoms with E-state index in [1.165, 1.54) is 0 Å². The van der Waals surface area contributed by atoms with E-state index >= 15 is 0 Å². The second-order valence-corrected chi connectivity index (χ2v) is 3.99. The Labute approximate surface area is 106 Å². The molecule has 0 N–H and O–H groups in total. The number of benzene rings is 1. The van der Waals surface area contributed by atoms with Crippen LogP contribution in [-0.2, 0) is 6.18 Å². The zero-order valence-corrected chi connectivity index (χ0v) is 10.1. The summed E-state index contributed by atoms with van der Waals surface area (Å²) in [6.45, 7) is 0. The van der Waals surface area contributed by atoms with E-state index in [1.807, 2.05) is 0 Å². The molecule has 0 aliphatic rings. The van der Waals surface area contributed by atoms with Gasteiger partial charge in [0.05, 0.1) is 10.5 Å². The van der Waals surface area contributed by atoms with Crippen molar-refractivity contribution in [3.05, 3.63) is 37.8 Å². The molecule has 0 aliphatic heterocycles. The van der Waals surface area contributed by atoms with Gasteiger partial charge in [0, 0.05) is 0 Å². The van der Waals surface area contributed by atoms with Crippen LogP contribution in [0.1, 0.15) is 15.9 Å². The van der Waals surface area contributed by atoms with Crippen LogP contribution in [0.2, 0.25) is 0 Å². The van der Waals surface area contributed by atoms with E-state index in [4.69, 9.17) is 11.6 Å². The molecule has 0 heterocycles. The van der Waals surface area contributed by atoms with E-state index < -0.39 is 37.6 Å². The Balaban J connectivity index is 3.61. The van der Waals surface area contributed by atoms with E-state index in [0.29, 0.717) is 12.1 Å². The molecule has 0 aliphatic carbocycles. The van der Waals surface area contributed by atoms with Crippen molar-refractivity contribution in [3.8, 4) is 0 Å². The zero-order valence-electron chi connectivity index (χ0n) is 7.72. The van der Waals surface area contributed by atoms with Crippen molar-refractivity contribution in [2.24, 2.45) is 0 Å². The van der Waals surface area contributed by atoms with Crippen molar-refractivity contribution >= 4 is 38.5 Å². The summed E-state index contributed by atoms with van der Waals surface area (Å²) in [6, 6.07) is 1.22. The molecule has 0 saturated heterocycles. The summed E-state index contributed by atoms with van der Waals surface area (Å²) < 4.78 is 36.5. The molecule has 17 heavy (non-hydrogen) atoms. The molecule has 0 unspecified atom stereocenters. The fourth-order valence-electron chi connectivity index (χ4n) is 1.12. The third kappa shape index (κ3) is 2.75. The molecule has 0 saturated carbocycles. The number of halogens is 5. The molecule has 0 spiro atoms. The van der Waals surface area contributed by atoms with Gasteiger partial charge in [-0.05, 0) is 39.7 Å². The van der Waals surface area contributed by atoms with Gasteiger partial charge in [-0.3, -0.25) is 14.9 Å². The highest BCUT2D eigenvalue weighted by Crippen LogP contribution is 2.41. The van der Waals surface area contributed by atoms with E-state index in [0.717, 1.165) is 0 Å². The van der Waals surface area contributed by atoms with Gasteiger partial charge in [-0.1, -0.05) is 0 Å². The summed E-state index contributed by atoms with van der Waals surface area (Å²) in [5, 5.41) is 9.42. The SMILES string of the molecule is O=C(Cl)c1ccc(C(F)(F)F)c(Br)c1[N+](=O)[O-]. The Morgan fingerprint density at radius 3 is 2.29 bits per heavy atom. The molecule has 0 aromatic heterocycles. The number of nitro benzene ring substituents is 1. The molecule has 9 heteroatoms. The lowest BCUT2D eigenvalue weighted by molar-refractivity contribution is -0.386. The number of nitro groups is 1. The largest absolute Gasteiger partial charge is 0.417 e. The van der Waals surface area contributed by atoms with Crippen molar-refractivity contribution in [1.29, 1.82) is 0 Å². The smallest absolute Gasteiger partial charge is 0.275 e. The van der Waals surface area contributed by atoms with Crippen LogP contribution in [0.4, 0.5) is 18.9 Å². The second-order valence-electron chi connectivity index (χ2n) is 2.85. The first-order valence-electron chi connectivity index (χ1n) is 3.90. The van der Waals surface area contributed by atoms with Crippen LogP contribution >= 0.6 is 27.5 Å². The van der Waals surface area contributed by atoms with Crippen molar-refractivity contribution in [1.82, 2.24) is 0 Å². The third-order valence-corrected chi connectivity index (χ3v) is 2.82. The number of nitrogens with zero attached hydrogens (tertiary/aromatic N) is 1. The van der Waals surface area contributed by atoms with Gasteiger partial charge in [0.25, 0.3) is 10.9 Å². The molecule has 0 radical (unpaired) electrons. The maximum absolute atomic E-state index is 12.5. The Morgan fingerprint density at radius 2 is 1.94 bits per heavy atom. The Hall–Kier alpha value is -1.15. The Morgan fingerprint density at radius 1 is 1.41 bits per heavy atom. The molecular weight excluding hydrogens is 330 g/mol. The lowest BCUT2D eigenvalue weighted by Gasteiger charge is -2.10. The minimum absolute atomic E-state index is 0.548. The molecule has 0 fully saturated rings. The number of hydrogen-bond donors (Lipinski definition) is 0. The standard InChI is InChI=1S/C8H2BrClF3NO3/c9-5-4(8(11,12)13)2-1-3(7(10)15)6(5)14(16)17/h1-2H. The van der Waals surface area contributed by atoms with Crippen molar-refractivity contribution < 1.29 is 22.9 Å². The lowest BCUT2D eigenvalue weighted by atomic mass is 10.1. The molecular formula is C8H2BrClF3NO3. The van der Waals surface area contributed by atoms with E-state index in [1.54, 1.807) is 0 Å². The molecule has 1 rings (SSSR count). The van der Waals surface area contributed by atoms with Crippen LogP contribution in [0.15, 0.2) is 16.6 Å². The minimum atomic E-state index is -4.77. The number of carbonyl (C=O) groups excluding carboxylic acids is 1. The highest BCUT2D eigenvalue weighted by Gasteiger charge is 2.38. The van der Waals surface area contributed by atoms with E-state index in [-0.39, 0.29) is 0 Å². The van der Waals surface area contributed by atoms with Crippen molar-refractivity contribution in [2.45, 2.75) is 6.18 Å². The number of carbonyl (C=O) groups is 1. The van der Waals surface area contributed by atoms with Gasteiger partial charge in [0.15, 0.2) is 0 Å². The van der Waals surface area contributed by atoms with Crippen LogP contribution < -0.4 is 0 Å². The minimum Gasteiger partial charge on any atom is -0.275 e. The van der Waals surface area contributed by atoms with Crippen LogP contribution in [0.5, 0.6) is 0 Å². The maximum atomic E-state index is 12.5. The third-order valence-electron chi connectivity index (χ3n) is 1.82. The summed E-state index contributed by atoms with van der Waals surface area (Å²) in [7, 11) is 0. The van der Waals surface area contributed by atoms with Crippen molar-refractivity contribution in [2.75, 3.05) is 0 Å². The Bertz CT molecular complexity index is 504. The van der Waals surface area contributed by atoms with Gasteiger partial charge in [-0.2, -0.15) is 13.2 Å². The van der Waals surface area contributed by atoms with Gasteiger partial charge >= 0.3 is 6.18 Å². The molecule has 1 aromatic carbocycles. The van der Waals surface area contributed by atoms with Gasteiger partial charge in [-0.25, -0.2) is 0 Å². The average Bonchev–Trinajstić information content (AvgIpc) is 2.13. The van der Waals surface area contributed by atoms with Gasteiger partial charge in [0.1, 0.15) is 10.0 Å². The zero-order chi connectivity index (χ0) is 13.4. The second kappa shape index (κ2) is 4.61. The first-order chi connectivity index (χ1) is 7.66. The quantitative estimate of drug-likeness (QED) is 0.471.